The van der Waals surface area contributed by atoms with Crippen LogP contribution >= 0.6 is 0 Å². The van der Waals surface area contributed by atoms with Crippen LogP contribution in [0.1, 0.15) is 53.4 Å². The summed E-state index contributed by atoms with van der Waals surface area (Å²) in [7, 11) is -0.613. The summed E-state index contributed by atoms with van der Waals surface area (Å²) < 4.78 is 38.1. The molecule has 0 aliphatic carbocycles. The van der Waals surface area contributed by atoms with Crippen molar-refractivity contribution in [1.29, 1.82) is 0 Å². The standard InChI is InChI=1S/C26H42O6Si/c1-9-15-28-24-23(32-33(17(2)3,18(4)5)19(6)7)22-21(30-26(24)27-8)16-29-25(31-22)20-13-11-10-12-14-20/h9-14,17-19,21-26H,1,15-16H2,2-8H3/t21-,22-,23+,24-,25-,26+/m1/s1. The van der Waals surface area contributed by atoms with Crippen molar-refractivity contribution >= 4 is 8.32 Å². The lowest BCUT2D eigenvalue weighted by atomic mass is 9.97. The molecule has 2 saturated heterocycles. The minimum absolute atomic E-state index is 0.304. The molecule has 0 spiro atoms. The van der Waals surface area contributed by atoms with Crippen molar-refractivity contribution in [3.8, 4) is 0 Å². The summed E-state index contributed by atoms with van der Waals surface area (Å²) in [5.41, 5.74) is 2.24. The molecular weight excluding hydrogens is 436 g/mol. The van der Waals surface area contributed by atoms with E-state index in [-0.39, 0.29) is 18.3 Å². The van der Waals surface area contributed by atoms with E-state index in [4.69, 9.17) is 28.1 Å². The predicted octanol–water partition coefficient (Wildman–Crippen LogP) is 5.60. The molecule has 0 amide bonds. The molecule has 2 fully saturated rings. The highest BCUT2D eigenvalue weighted by molar-refractivity contribution is 6.77. The summed E-state index contributed by atoms with van der Waals surface area (Å²) in [5, 5.41) is 0. The highest BCUT2D eigenvalue weighted by Gasteiger charge is 2.56. The summed E-state index contributed by atoms with van der Waals surface area (Å²) in [6.07, 6.45) is -0.736. The van der Waals surface area contributed by atoms with E-state index in [2.05, 4.69) is 48.1 Å². The van der Waals surface area contributed by atoms with Gasteiger partial charge < -0.3 is 28.1 Å². The zero-order valence-corrected chi connectivity index (χ0v) is 22.2. The first-order chi connectivity index (χ1) is 15.8. The Kier molecular flexibility index (Phi) is 9.31. The highest BCUT2D eigenvalue weighted by Crippen LogP contribution is 2.46. The Balaban J connectivity index is 2.00. The van der Waals surface area contributed by atoms with Crippen molar-refractivity contribution in [2.75, 3.05) is 20.3 Å². The molecule has 0 radical (unpaired) electrons. The van der Waals surface area contributed by atoms with Gasteiger partial charge in [-0.05, 0) is 16.6 Å². The first-order valence-corrected chi connectivity index (χ1v) is 14.3. The highest BCUT2D eigenvalue weighted by atomic mass is 28.4. The predicted molar refractivity (Wildman–Crippen MR) is 132 cm³/mol. The summed E-state index contributed by atoms with van der Waals surface area (Å²) in [5.74, 6) is 0. The van der Waals surface area contributed by atoms with Crippen LogP contribution in [0.5, 0.6) is 0 Å². The fraction of sp³-hybridized carbons (Fsp3) is 0.692. The van der Waals surface area contributed by atoms with Gasteiger partial charge in [0.25, 0.3) is 0 Å². The zero-order chi connectivity index (χ0) is 24.2. The van der Waals surface area contributed by atoms with Gasteiger partial charge in [-0.2, -0.15) is 0 Å². The van der Waals surface area contributed by atoms with Gasteiger partial charge in [-0.3, -0.25) is 0 Å². The van der Waals surface area contributed by atoms with E-state index in [0.29, 0.717) is 29.8 Å². The minimum Gasteiger partial charge on any atom is -0.408 e. The van der Waals surface area contributed by atoms with Crippen LogP contribution in [0.2, 0.25) is 16.6 Å². The number of hydrogen-bond donors (Lipinski definition) is 0. The van der Waals surface area contributed by atoms with Gasteiger partial charge in [-0.15, -0.1) is 6.58 Å². The van der Waals surface area contributed by atoms with Crippen LogP contribution in [-0.4, -0.2) is 59.3 Å². The molecule has 1 aromatic carbocycles. The van der Waals surface area contributed by atoms with Crippen molar-refractivity contribution in [1.82, 2.24) is 0 Å². The quantitative estimate of drug-likeness (QED) is 0.322. The maximum atomic E-state index is 7.30. The van der Waals surface area contributed by atoms with Gasteiger partial charge in [-0.1, -0.05) is 78.0 Å². The van der Waals surface area contributed by atoms with E-state index in [1.54, 1.807) is 13.2 Å². The Morgan fingerprint density at radius 2 is 1.64 bits per heavy atom. The normalized spacial score (nSPS) is 30.6. The Morgan fingerprint density at radius 3 is 2.18 bits per heavy atom. The lowest BCUT2D eigenvalue weighted by Crippen LogP contribution is -2.67. The second-order valence-corrected chi connectivity index (χ2v) is 15.3. The molecule has 3 rings (SSSR count). The summed E-state index contributed by atoms with van der Waals surface area (Å²) in [6, 6.07) is 10.0. The number of ether oxygens (including phenoxy) is 5. The summed E-state index contributed by atoms with van der Waals surface area (Å²) >= 11 is 0. The minimum atomic E-state index is -2.25. The molecule has 0 bridgehead atoms. The van der Waals surface area contributed by atoms with E-state index in [0.717, 1.165) is 5.56 Å². The fourth-order valence-electron chi connectivity index (χ4n) is 5.65. The molecule has 2 aliphatic heterocycles. The molecule has 2 heterocycles. The molecule has 6 nitrogen and oxygen atoms in total. The molecule has 0 saturated carbocycles. The number of fused-ring (bicyclic) bond motifs is 1. The monoisotopic (exact) mass is 478 g/mol. The molecule has 7 heteroatoms. The maximum absolute atomic E-state index is 7.30. The third kappa shape index (κ3) is 5.45. The lowest BCUT2D eigenvalue weighted by Gasteiger charge is -2.53. The van der Waals surface area contributed by atoms with Crippen LogP contribution in [-0.2, 0) is 28.1 Å². The number of methoxy groups -OCH3 is 1. The van der Waals surface area contributed by atoms with E-state index in [1.807, 2.05) is 30.3 Å². The van der Waals surface area contributed by atoms with Crippen LogP contribution in [0.3, 0.4) is 0 Å². The van der Waals surface area contributed by atoms with Crippen LogP contribution in [0.4, 0.5) is 0 Å². The third-order valence-corrected chi connectivity index (χ3v) is 13.1. The van der Waals surface area contributed by atoms with Gasteiger partial charge in [-0.25, -0.2) is 0 Å². The van der Waals surface area contributed by atoms with Crippen LogP contribution < -0.4 is 0 Å². The van der Waals surface area contributed by atoms with Gasteiger partial charge in [0.15, 0.2) is 12.6 Å². The topological polar surface area (TPSA) is 55.4 Å². The van der Waals surface area contributed by atoms with Gasteiger partial charge in [0.2, 0.25) is 8.32 Å². The molecular formula is C26H42O6Si. The molecule has 0 unspecified atom stereocenters. The Morgan fingerprint density at radius 1 is 1.00 bits per heavy atom. The molecule has 0 aromatic heterocycles. The fourth-order valence-corrected chi connectivity index (χ4v) is 11.2. The molecule has 33 heavy (non-hydrogen) atoms. The van der Waals surface area contributed by atoms with Gasteiger partial charge in [0.05, 0.1) is 13.2 Å². The Bertz CT molecular complexity index is 718. The zero-order valence-electron chi connectivity index (χ0n) is 21.2. The summed E-state index contributed by atoms with van der Waals surface area (Å²) in [4.78, 5) is 0. The first kappa shape index (κ1) is 26.5. The SMILES string of the molecule is C=CCO[C@H]1[C@@H](OC)O[C@@H]2CO[C@@H](c3ccccc3)O[C@H]2[C@@H]1O[Si](C(C)C)(C(C)C)C(C)C. The molecule has 1 aromatic rings. The van der Waals surface area contributed by atoms with Crippen molar-refractivity contribution in [2.24, 2.45) is 0 Å². The van der Waals surface area contributed by atoms with Crippen LogP contribution in [0.15, 0.2) is 43.0 Å². The van der Waals surface area contributed by atoms with Crippen molar-refractivity contribution in [3.63, 3.8) is 0 Å². The lowest BCUT2D eigenvalue weighted by molar-refractivity contribution is -0.359. The van der Waals surface area contributed by atoms with Gasteiger partial charge in [0, 0.05) is 12.7 Å². The molecule has 2 aliphatic rings. The average molecular weight is 479 g/mol. The number of rotatable bonds is 10. The molecule has 186 valence electrons. The van der Waals surface area contributed by atoms with Gasteiger partial charge >= 0.3 is 0 Å². The maximum Gasteiger partial charge on any atom is 0.201 e. The second kappa shape index (κ2) is 11.6. The first-order valence-electron chi connectivity index (χ1n) is 12.2. The largest absolute Gasteiger partial charge is 0.408 e. The van der Waals surface area contributed by atoms with E-state index in [9.17, 15) is 0 Å². The third-order valence-electron chi connectivity index (χ3n) is 7.04. The molecule has 6 atom stereocenters. The Hall–Kier alpha value is -1.06. The van der Waals surface area contributed by atoms with Crippen LogP contribution in [0, 0.1) is 0 Å². The average Bonchev–Trinajstić information content (AvgIpc) is 2.80. The summed E-state index contributed by atoms with van der Waals surface area (Å²) in [6.45, 7) is 18.3. The van der Waals surface area contributed by atoms with Crippen molar-refractivity contribution in [3.05, 3.63) is 48.6 Å². The van der Waals surface area contributed by atoms with Gasteiger partial charge in [0.1, 0.15) is 24.4 Å². The number of hydrogen-bond acceptors (Lipinski definition) is 6. The van der Waals surface area contributed by atoms with E-state index >= 15 is 0 Å². The smallest absolute Gasteiger partial charge is 0.201 e. The van der Waals surface area contributed by atoms with E-state index in [1.165, 1.54) is 0 Å². The number of benzene rings is 1. The van der Waals surface area contributed by atoms with Crippen LogP contribution in [0.25, 0.3) is 0 Å². The van der Waals surface area contributed by atoms with Crippen molar-refractivity contribution in [2.45, 2.75) is 95.2 Å². The second-order valence-electron chi connectivity index (χ2n) is 9.94. The Labute approximate surface area is 200 Å². The van der Waals surface area contributed by atoms with Crippen molar-refractivity contribution < 1.29 is 28.1 Å². The van der Waals surface area contributed by atoms with E-state index < -0.39 is 27.0 Å². The molecule has 0 N–H and O–H groups in total.